The van der Waals surface area contributed by atoms with Gasteiger partial charge in [0.15, 0.2) is 5.13 Å². The van der Waals surface area contributed by atoms with Crippen LogP contribution in [-0.4, -0.2) is 51.6 Å². The lowest BCUT2D eigenvalue weighted by Gasteiger charge is -2.37. The molecule has 188 valence electrons. The van der Waals surface area contributed by atoms with Gasteiger partial charge in [0.1, 0.15) is 39.4 Å². The van der Waals surface area contributed by atoms with Gasteiger partial charge in [-0.25, -0.2) is 4.98 Å². The maximum Gasteiger partial charge on any atom is 0.269 e. The average molecular weight is 526 g/mol. The van der Waals surface area contributed by atoms with Gasteiger partial charge < -0.3 is 19.9 Å². The van der Waals surface area contributed by atoms with E-state index in [2.05, 4.69) is 38.7 Å². The van der Waals surface area contributed by atoms with Crippen LogP contribution in [0.1, 0.15) is 52.6 Å². The second-order valence-corrected chi connectivity index (χ2v) is 10.1. The van der Waals surface area contributed by atoms with Crippen molar-refractivity contribution in [3.63, 3.8) is 0 Å². The van der Waals surface area contributed by atoms with E-state index in [-0.39, 0.29) is 34.1 Å². The van der Waals surface area contributed by atoms with E-state index >= 15 is 0 Å². The number of nitrogens with zero attached hydrogens (tertiary/aromatic N) is 5. The Morgan fingerprint density at radius 3 is 2.83 bits per heavy atom. The van der Waals surface area contributed by atoms with Crippen molar-refractivity contribution in [2.45, 2.75) is 40.2 Å². The van der Waals surface area contributed by atoms with Crippen molar-refractivity contribution in [2.24, 2.45) is 5.92 Å². The quantitative estimate of drug-likeness (QED) is 0.428. The van der Waals surface area contributed by atoms with Crippen LogP contribution in [0.5, 0.6) is 0 Å². The molecule has 3 aromatic heterocycles. The summed E-state index contributed by atoms with van der Waals surface area (Å²) in [5.41, 5.74) is 3.18. The number of carbonyl (C=O) groups is 1. The van der Waals surface area contributed by atoms with Crippen molar-refractivity contribution in [3.8, 4) is 17.5 Å². The van der Waals surface area contributed by atoms with Crippen LogP contribution >= 0.6 is 22.9 Å². The number of piperidine rings is 1. The molecule has 0 bridgehead atoms. The Morgan fingerprint density at radius 1 is 1.42 bits per heavy atom. The number of aromatic nitrogens is 4. The van der Waals surface area contributed by atoms with E-state index in [9.17, 15) is 10.1 Å². The maximum absolute atomic E-state index is 12.9. The number of nitriles is 1. The SMILES string of the molecule is C=C(OCC)c1sc(N2CC[C@@H](NC(=O)c3[nH]c(C)c(Cl)c3C#N)[C@@H](C)C2)nc1-c1cnc(C)cn1. The van der Waals surface area contributed by atoms with Crippen molar-refractivity contribution < 1.29 is 9.53 Å². The van der Waals surface area contributed by atoms with Gasteiger partial charge in [-0.15, -0.1) is 0 Å². The number of aromatic amines is 1. The van der Waals surface area contributed by atoms with E-state index in [0.717, 1.165) is 22.1 Å². The van der Waals surface area contributed by atoms with Crippen LogP contribution < -0.4 is 10.2 Å². The molecule has 2 atom stereocenters. The fraction of sp³-hybridized carbons (Fsp3) is 0.400. The first-order valence-electron chi connectivity index (χ1n) is 11.7. The van der Waals surface area contributed by atoms with Crippen LogP contribution in [0.2, 0.25) is 5.02 Å². The highest BCUT2D eigenvalue weighted by atomic mass is 35.5. The summed E-state index contributed by atoms with van der Waals surface area (Å²) in [5.74, 6) is 0.378. The van der Waals surface area contributed by atoms with Crippen LogP contribution in [0.25, 0.3) is 17.1 Å². The zero-order chi connectivity index (χ0) is 26.0. The number of thiazole rings is 1. The zero-order valence-electron chi connectivity index (χ0n) is 20.7. The molecule has 36 heavy (non-hydrogen) atoms. The zero-order valence-corrected chi connectivity index (χ0v) is 22.3. The second kappa shape index (κ2) is 10.7. The number of hydrogen-bond acceptors (Lipinski definition) is 8. The van der Waals surface area contributed by atoms with Crippen LogP contribution in [0, 0.1) is 31.1 Å². The smallest absolute Gasteiger partial charge is 0.269 e. The summed E-state index contributed by atoms with van der Waals surface area (Å²) in [4.78, 5) is 32.7. The Balaban J connectivity index is 1.51. The lowest BCUT2D eigenvalue weighted by Crippen LogP contribution is -2.50. The Hall–Kier alpha value is -3.42. The normalized spacial score (nSPS) is 17.5. The molecule has 1 amide bonds. The number of rotatable bonds is 7. The average Bonchev–Trinajstić information content (AvgIpc) is 3.42. The molecule has 2 N–H and O–H groups in total. The van der Waals surface area contributed by atoms with Gasteiger partial charge >= 0.3 is 0 Å². The van der Waals surface area contributed by atoms with Crippen molar-refractivity contribution >= 4 is 39.7 Å². The molecule has 0 radical (unpaired) electrons. The van der Waals surface area contributed by atoms with E-state index in [0.29, 0.717) is 42.5 Å². The molecule has 4 rings (SSSR count). The summed E-state index contributed by atoms with van der Waals surface area (Å²) in [6.07, 6.45) is 4.16. The maximum atomic E-state index is 12.9. The number of hydrogen-bond donors (Lipinski definition) is 2. The minimum Gasteiger partial charge on any atom is -0.493 e. The molecule has 11 heteroatoms. The molecule has 4 heterocycles. The highest BCUT2D eigenvalue weighted by Crippen LogP contribution is 2.38. The molecule has 0 aliphatic carbocycles. The molecule has 0 spiro atoms. The third-order valence-corrected chi connectivity index (χ3v) is 7.78. The van der Waals surface area contributed by atoms with E-state index in [1.807, 2.05) is 19.9 Å². The number of aryl methyl sites for hydroxylation is 2. The summed E-state index contributed by atoms with van der Waals surface area (Å²) < 4.78 is 5.69. The molecule has 0 saturated carbocycles. The van der Waals surface area contributed by atoms with Gasteiger partial charge in [0.2, 0.25) is 0 Å². The van der Waals surface area contributed by atoms with Crippen LogP contribution in [-0.2, 0) is 4.74 Å². The highest BCUT2D eigenvalue weighted by Gasteiger charge is 2.31. The van der Waals surface area contributed by atoms with Gasteiger partial charge in [0.05, 0.1) is 23.5 Å². The molecular formula is C25H28ClN7O2S. The molecule has 3 aromatic rings. The van der Waals surface area contributed by atoms with Crippen molar-refractivity contribution in [3.05, 3.63) is 51.5 Å². The largest absolute Gasteiger partial charge is 0.493 e. The standard InChI is InChI=1S/C25H28ClN7O2S/c1-6-35-16(5)23-22(19-11-28-14(3)10-29-19)32-25(36-23)33-8-7-18(13(2)12-33)31-24(34)21-17(9-27)20(26)15(4)30-21/h10-11,13,18,30H,5-8,12H2,1-4H3,(H,31,34)/t13-,18+/m0/s1. The Kier molecular flexibility index (Phi) is 7.62. The highest BCUT2D eigenvalue weighted by molar-refractivity contribution is 7.17. The number of ether oxygens (including phenoxy) is 1. The first-order chi connectivity index (χ1) is 17.2. The van der Waals surface area contributed by atoms with Gasteiger partial charge in [-0.3, -0.25) is 14.8 Å². The molecule has 1 fully saturated rings. The van der Waals surface area contributed by atoms with Crippen LogP contribution in [0.4, 0.5) is 5.13 Å². The third kappa shape index (κ3) is 5.08. The lowest BCUT2D eigenvalue weighted by atomic mass is 9.94. The number of anilines is 1. The third-order valence-electron chi connectivity index (χ3n) is 6.15. The van der Waals surface area contributed by atoms with E-state index in [1.54, 1.807) is 19.3 Å². The second-order valence-electron chi connectivity index (χ2n) is 8.79. The van der Waals surface area contributed by atoms with Gasteiger partial charge in [-0.05, 0) is 33.1 Å². The predicted molar refractivity (Wildman–Crippen MR) is 141 cm³/mol. The summed E-state index contributed by atoms with van der Waals surface area (Å²) in [6, 6.07) is 1.97. The molecule has 0 aromatic carbocycles. The molecule has 1 aliphatic heterocycles. The van der Waals surface area contributed by atoms with Crippen LogP contribution in [0.3, 0.4) is 0 Å². The van der Waals surface area contributed by atoms with Gasteiger partial charge in [-0.2, -0.15) is 5.26 Å². The summed E-state index contributed by atoms with van der Waals surface area (Å²) in [6.45, 7) is 13.6. The number of H-pyrrole nitrogens is 1. The molecule has 0 unspecified atom stereocenters. The lowest BCUT2D eigenvalue weighted by molar-refractivity contribution is 0.0912. The van der Waals surface area contributed by atoms with Crippen molar-refractivity contribution in [1.82, 2.24) is 25.3 Å². The molecule has 1 saturated heterocycles. The van der Waals surface area contributed by atoms with Gasteiger partial charge in [-0.1, -0.05) is 36.4 Å². The van der Waals surface area contributed by atoms with Gasteiger partial charge in [0.25, 0.3) is 5.91 Å². The topological polar surface area (TPSA) is 120 Å². The Bertz CT molecular complexity index is 1330. The summed E-state index contributed by atoms with van der Waals surface area (Å²) in [7, 11) is 0. The van der Waals surface area contributed by atoms with Crippen molar-refractivity contribution in [1.29, 1.82) is 5.26 Å². The van der Waals surface area contributed by atoms with E-state index < -0.39 is 0 Å². The number of carbonyl (C=O) groups excluding carboxylic acids is 1. The number of halogens is 1. The Labute approximate surface area is 219 Å². The van der Waals surface area contributed by atoms with Crippen molar-refractivity contribution in [2.75, 3.05) is 24.6 Å². The van der Waals surface area contributed by atoms with Gasteiger partial charge in [0, 0.05) is 31.0 Å². The minimum absolute atomic E-state index is 0.0528. The first-order valence-corrected chi connectivity index (χ1v) is 12.9. The van der Waals surface area contributed by atoms with E-state index in [1.165, 1.54) is 11.3 Å². The van der Waals surface area contributed by atoms with Crippen LogP contribution in [0.15, 0.2) is 19.0 Å². The summed E-state index contributed by atoms with van der Waals surface area (Å²) >= 11 is 7.67. The minimum atomic E-state index is -0.323. The first kappa shape index (κ1) is 25.7. The van der Waals surface area contributed by atoms with E-state index in [4.69, 9.17) is 21.3 Å². The molecular weight excluding hydrogens is 498 g/mol. The fourth-order valence-corrected chi connectivity index (χ4v) is 5.43. The number of nitrogens with one attached hydrogen (secondary N) is 2. The molecule has 9 nitrogen and oxygen atoms in total. The Morgan fingerprint density at radius 2 is 2.19 bits per heavy atom. The number of amides is 1. The monoisotopic (exact) mass is 525 g/mol. The summed E-state index contributed by atoms with van der Waals surface area (Å²) in [5, 5.41) is 13.6. The predicted octanol–water partition coefficient (Wildman–Crippen LogP) is 4.72. The fourth-order valence-electron chi connectivity index (χ4n) is 4.21. The molecule has 1 aliphatic rings.